The second kappa shape index (κ2) is 9.84. The second-order valence-electron chi connectivity index (χ2n) is 7.71. The zero-order valence-electron chi connectivity index (χ0n) is 17.2. The van der Waals surface area contributed by atoms with Crippen molar-refractivity contribution in [3.8, 4) is 0 Å². The lowest BCUT2D eigenvalue weighted by Crippen LogP contribution is -2.40. The summed E-state index contributed by atoms with van der Waals surface area (Å²) < 4.78 is 5.70. The first-order valence-corrected chi connectivity index (χ1v) is 9.99. The van der Waals surface area contributed by atoms with Gasteiger partial charge in [0, 0.05) is 25.7 Å². The highest BCUT2D eigenvalue weighted by Gasteiger charge is 2.43. The van der Waals surface area contributed by atoms with Gasteiger partial charge in [0.05, 0.1) is 12.5 Å². The van der Waals surface area contributed by atoms with Gasteiger partial charge in [-0.25, -0.2) is 0 Å². The van der Waals surface area contributed by atoms with E-state index in [1.165, 1.54) is 0 Å². The Bertz CT molecular complexity index is 856. The van der Waals surface area contributed by atoms with E-state index in [1.54, 1.807) is 24.1 Å². The Morgan fingerprint density at radius 2 is 1.63 bits per heavy atom. The first-order valence-electron chi connectivity index (χ1n) is 9.99. The van der Waals surface area contributed by atoms with Gasteiger partial charge in [-0.05, 0) is 24.6 Å². The van der Waals surface area contributed by atoms with Crippen molar-refractivity contribution in [2.45, 2.75) is 44.3 Å². The summed E-state index contributed by atoms with van der Waals surface area (Å²) in [5, 5.41) is 23.3. The molecule has 1 aliphatic heterocycles. The van der Waals surface area contributed by atoms with E-state index in [0.717, 1.165) is 11.1 Å². The molecule has 1 fully saturated rings. The minimum atomic E-state index is -1.19. The average molecular weight is 412 g/mol. The summed E-state index contributed by atoms with van der Waals surface area (Å²) in [7, 11) is 1.69. The molecule has 30 heavy (non-hydrogen) atoms. The van der Waals surface area contributed by atoms with Gasteiger partial charge in [-0.1, -0.05) is 48.0 Å². The lowest BCUT2D eigenvalue weighted by atomic mass is 10.0. The van der Waals surface area contributed by atoms with Crippen LogP contribution in [0.15, 0.2) is 54.6 Å². The minimum absolute atomic E-state index is 0.0372. The first-order chi connectivity index (χ1) is 14.3. The summed E-state index contributed by atoms with van der Waals surface area (Å²) in [5.41, 5.74) is 2.55. The van der Waals surface area contributed by atoms with Crippen LogP contribution in [0.25, 0.3) is 0 Å². The topological polar surface area (TPSA) is 99.1 Å². The summed E-state index contributed by atoms with van der Waals surface area (Å²) in [6, 6.07) is 16.7. The molecule has 0 aromatic heterocycles. The van der Waals surface area contributed by atoms with Crippen LogP contribution < -0.4 is 5.32 Å². The number of hydrogen-bond acceptors (Lipinski definition) is 5. The molecule has 2 amide bonds. The number of hydrogen-bond donors (Lipinski definition) is 3. The average Bonchev–Trinajstić information content (AvgIpc) is 3.01. The van der Waals surface area contributed by atoms with Gasteiger partial charge in [-0.15, -0.1) is 0 Å². The third kappa shape index (κ3) is 5.44. The summed E-state index contributed by atoms with van der Waals surface area (Å²) in [5.74, 6) is -0.484. The number of nitrogens with one attached hydrogen (secondary N) is 1. The number of aryl methyl sites for hydroxylation is 1. The molecule has 4 atom stereocenters. The molecular formula is C23H28N2O5. The van der Waals surface area contributed by atoms with Gasteiger partial charge in [-0.2, -0.15) is 0 Å². The molecular weight excluding hydrogens is 384 g/mol. The van der Waals surface area contributed by atoms with Crippen LogP contribution in [-0.2, 0) is 16.1 Å². The predicted octanol–water partition coefficient (Wildman–Crippen LogP) is 1.26. The molecule has 2 aromatic rings. The molecule has 7 nitrogen and oxygen atoms in total. The van der Waals surface area contributed by atoms with Crippen LogP contribution in [0.3, 0.4) is 0 Å². The van der Waals surface area contributed by atoms with Gasteiger partial charge in [0.25, 0.3) is 5.91 Å². The molecule has 160 valence electrons. The smallest absolute Gasteiger partial charge is 0.251 e. The van der Waals surface area contributed by atoms with Gasteiger partial charge in [-0.3, -0.25) is 9.59 Å². The summed E-state index contributed by atoms with van der Waals surface area (Å²) in [6.45, 7) is 2.42. The number of amides is 2. The highest BCUT2D eigenvalue weighted by Crippen LogP contribution is 2.24. The van der Waals surface area contributed by atoms with E-state index >= 15 is 0 Å². The lowest BCUT2D eigenvalue weighted by Gasteiger charge is -2.21. The maximum absolute atomic E-state index is 12.5. The lowest BCUT2D eigenvalue weighted by molar-refractivity contribution is -0.134. The fraction of sp³-hybridized carbons (Fsp3) is 0.391. The zero-order chi connectivity index (χ0) is 21.7. The summed E-state index contributed by atoms with van der Waals surface area (Å²) in [6.07, 6.45) is -4.04. The van der Waals surface area contributed by atoms with E-state index in [9.17, 15) is 19.8 Å². The fourth-order valence-electron chi connectivity index (χ4n) is 3.44. The van der Waals surface area contributed by atoms with Crippen LogP contribution in [0.5, 0.6) is 0 Å². The molecule has 2 aromatic carbocycles. The van der Waals surface area contributed by atoms with Crippen LogP contribution >= 0.6 is 0 Å². The summed E-state index contributed by atoms with van der Waals surface area (Å²) >= 11 is 0. The molecule has 0 radical (unpaired) electrons. The number of benzene rings is 2. The Balaban J connectivity index is 1.51. The van der Waals surface area contributed by atoms with Crippen LogP contribution in [0.4, 0.5) is 0 Å². The Kier molecular flexibility index (Phi) is 7.20. The molecule has 0 bridgehead atoms. The van der Waals surface area contributed by atoms with Crippen LogP contribution in [0.2, 0.25) is 0 Å². The van der Waals surface area contributed by atoms with Gasteiger partial charge >= 0.3 is 0 Å². The fourth-order valence-corrected chi connectivity index (χ4v) is 3.44. The molecule has 0 aliphatic carbocycles. The van der Waals surface area contributed by atoms with E-state index in [1.807, 2.05) is 49.4 Å². The molecule has 0 unspecified atom stereocenters. The Hall–Kier alpha value is -2.74. The number of aliphatic hydroxyl groups excluding tert-OH is 2. The van der Waals surface area contributed by atoms with Gasteiger partial charge in [0.1, 0.15) is 18.3 Å². The van der Waals surface area contributed by atoms with E-state index in [4.69, 9.17) is 4.74 Å². The monoisotopic (exact) mass is 412 g/mol. The van der Waals surface area contributed by atoms with Crippen molar-refractivity contribution in [3.05, 3.63) is 71.3 Å². The number of carbonyl (C=O) groups excluding carboxylic acids is 2. The summed E-state index contributed by atoms with van der Waals surface area (Å²) in [4.78, 5) is 26.3. The molecule has 1 saturated heterocycles. The highest BCUT2D eigenvalue weighted by atomic mass is 16.5. The molecule has 1 heterocycles. The molecule has 1 aliphatic rings. The van der Waals surface area contributed by atoms with Gasteiger partial charge < -0.3 is 25.2 Å². The number of carbonyl (C=O) groups is 2. The zero-order valence-corrected chi connectivity index (χ0v) is 17.2. The van der Waals surface area contributed by atoms with Crippen molar-refractivity contribution in [3.63, 3.8) is 0 Å². The standard InChI is InChI=1S/C23H28N2O5/c1-15-8-10-17(11-9-15)23(29)24-13-19-22(28)21(27)18(30-19)12-20(26)25(2)14-16-6-4-3-5-7-16/h3-11,18-19,21-22,27-28H,12-14H2,1-2H3,(H,24,29)/t18-,19-,21-,22+/m0/s1. The molecule has 3 rings (SSSR count). The molecule has 0 spiro atoms. The van der Waals surface area contributed by atoms with E-state index in [0.29, 0.717) is 12.1 Å². The minimum Gasteiger partial charge on any atom is -0.388 e. The molecule has 3 N–H and O–H groups in total. The SMILES string of the molecule is Cc1ccc(C(=O)NC[C@@H]2O[C@@H](CC(=O)N(C)Cc3ccccc3)[C@H](O)[C@@H]2O)cc1. The van der Waals surface area contributed by atoms with Crippen molar-refractivity contribution in [1.82, 2.24) is 10.2 Å². The predicted molar refractivity (Wildman–Crippen MR) is 112 cm³/mol. The van der Waals surface area contributed by atoms with Gasteiger partial charge in [0.2, 0.25) is 5.91 Å². The third-order valence-electron chi connectivity index (χ3n) is 5.30. The first kappa shape index (κ1) is 22.0. The number of ether oxygens (including phenoxy) is 1. The largest absolute Gasteiger partial charge is 0.388 e. The maximum Gasteiger partial charge on any atom is 0.251 e. The van der Waals surface area contributed by atoms with E-state index in [2.05, 4.69) is 5.32 Å². The van der Waals surface area contributed by atoms with E-state index in [-0.39, 0.29) is 24.8 Å². The number of nitrogens with zero attached hydrogens (tertiary/aromatic N) is 1. The Morgan fingerprint density at radius 1 is 1.00 bits per heavy atom. The maximum atomic E-state index is 12.5. The van der Waals surface area contributed by atoms with Crippen molar-refractivity contribution in [1.29, 1.82) is 0 Å². The molecule has 7 heteroatoms. The van der Waals surface area contributed by atoms with Crippen molar-refractivity contribution in [2.75, 3.05) is 13.6 Å². The highest BCUT2D eigenvalue weighted by molar-refractivity contribution is 5.94. The normalized spacial score (nSPS) is 23.2. The second-order valence-corrected chi connectivity index (χ2v) is 7.71. The van der Waals surface area contributed by atoms with Crippen LogP contribution in [-0.4, -0.2) is 64.9 Å². The van der Waals surface area contributed by atoms with Crippen molar-refractivity contribution in [2.24, 2.45) is 0 Å². The van der Waals surface area contributed by atoms with Crippen LogP contribution in [0.1, 0.15) is 27.9 Å². The van der Waals surface area contributed by atoms with Crippen molar-refractivity contribution < 1.29 is 24.5 Å². The third-order valence-corrected chi connectivity index (χ3v) is 5.30. The quantitative estimate of drug-likeness (QED) is 0.636. The number of aliphatic hydroxyl groups is 2. The Labute approximate surface area is 176 Å². The Morgan fingerprint density at radius 3 is 2.30 bits per heavy atom. The van der Waals surface area contributed by atoms with E-state index < -0.39 is 24.4 Å². The van der Waals surface area contributed by atoms with Crippen molar-refractivity contribution >= 4 is 11.8 Å². The van der Waals surface area contributed by atoms with Crippen LogP contribution in [0, 0.1) is 6.92 Å². The number of rotatable bonds is 7. The van der Waals surface area contributed by atoms with Gasteiger partial charge in [0.15, 0.2) is 0 Å². The molecule has 0 saturated carbocycles.